The average molecular weight is 510 g/mol. The minimum absolute atomic E-state index is 0. The van der Waals surface area contributed by atoms with Crippen LogP contribution in [0, 0.1) is 5.92 Å². The van der Waals surface area contributed by atoms with Gasteiger partial charge in [-0.25, -0.2) is 18.1 Å². The van der Waals surface area contributed by atoms with Gasteiger partial charge in [-0.05, 0) is 25.7 Å². The quantitative estimate of drug-likeness (QED) is 0.352. The fourth-order valence-corrected chi connectivity index (χ4v) is 5.29. The molecule has 10 heteroatoms. The van der Waals surface area contributed by atoms with Crippen molar-refractivity contribution in [2.75, 3.05) is 24.6 Å². The first-order valence-corrected chi connectivity index (χ1v) is 11.4. The molecule has 27 heavy (non-hydrogen) atoms. The third kappa shape index (κ3) is 6.03. The van der Waals surface area contributed by atoms with Gasteiger partial charge in [0.1, 0.15) is 5.82 Å². The third-order valence-corrected chi connectivity index (χ3v) is 6.75. The average Bonchev–Trinajstić information content (AvgIpc) is 3.15. The number of hydrogen-bond acceptors (Lipinski definition) is 5. The van der Waals surface area contributed by atoms with Gasteiger partial charge in [0.2, 0.25) is 0 Å². The monoisotopic (exact) mass is 510 g/mol. The summed E-state index contributed by atoms with van der Waals surface area (Å²) in [5.41, 5.74) is 0. The van der Waals surface area contributed by atoms with Crippen molar-refractivity contribution in [3.63, 3.8) is 0 Å². The molecule has 1 saturated heterocycles. The molecule has 1 aromatic rings. The van der Waals surface area contributed by atoms with Crippen LogP contribution in [0.3, 0.4) is 0 Å². The summed E-state index contributed by atoms with van der Waals surface area (Å²) in [7, 11) is -2.85. The number of fused-ring (bicyclic) bond motifs is 1. The van der Waals surface area contributed by atoms with Crippen LogP contribution in [0.25, 0.3) is 0 Å². The Morgan fingerprint density at radius 2 is 2.15 bits per heavy atom. The molecule has 8 nitrogen and oxygen atoms in total. The molecule has 0 amide bonds. The molecular formula is C17H31IN6O2S. The fourth-order valence-electron chi connectivity index (χ4n) is 3.44. The predicted molar refractivity (Wildman–Crippen MR) is 118 cm³/mol. The summed E-state index contributed by atoms with van der Waals surface area (Å²) < 4.78 is 25.2. The molecule has 0 aromatic carbocycles. The van der Waals surface area contributed by atoms with Gasteiger partial charge >= 0.3 is 0 Å². The Morgan fingerprint density at radius 1 is 1.37 bits per heavy atom. The topological polar surface area (TPSA) is 101 Å². The van der Waals surface area contributed by atoms with Gasteiger partial charge in [0.25, 0.3) is 0 Å². The number of halogens is 1. The van der Waals surface area contributed by atoms with Crippen LogP contribution in [0.4, 0.5) is 0 Å². The molecule has 0 bridgehead atoms. The molecule has 2 aliphatic rings. The minimum Gasteiger partial charge on any atom is -0.357 e. The summed E-state index contributed by atoms with van der Waals surface area (Å²) >= 11 is 0. The standard InChI is InChI=1S/C17H30N6O2S.HI/c1-4-18-17(19-9-13-7-8-26(24,25)11-13)20-14-5-6-15-21-16(12(2)3)22-23(15)10-14;/h12-14H,4-11H2,1-3H3,(H2,18,19,20);1H. The van der Waals surface area contributed by atoms with Crippen molar-refractivity contribution in [1.82, 2.24) is 25.4 Å². The Bertz CT molecular complexity index is 761. The minimum atomic E-state index is -2.85. The van der Waals surface area contributed by atoms with E-state index in [4.69, 9.17) is 0 Å². The van der Waals surface area contributed by atoms with Crippen molar-refractivity contribution in [2.24, 2.45) is 10.9 Å². The van der Waals surface area contributed by atoms with Crippen molar-refractivity contribution >= 4 is 39.8 Å². The van der Waals surface area contributed by atoms with E-state index >= 15 is 0 Å². The maximum atomic E-state index is 11.6. The Labute approximate surface area is 178 Å². The Balaban J connectivity index is 0.00000261. The Morgan fingerprint density at radius 3 is 2.78 bits per heavy atom. The van der Waals surface area contributed by atoms with E-state index < -0.39 is 9.84 Å². The molecule has 2 aliphatic heterocycles. The molecule has 0 spiro atoms. The first-order chi connectivity index (χ1) is 12.4. The largest absolute Gasteiger partial charge is 0.357 e. The summed E-state index contributed by atoms with van der Waals surface area (Å²) in [6.07, 6.45) is 2.60. The zero-order valence-electron chi connectivity index (χ0n) is 16.3. The highest BCUT2D eigenvalue weighted by molar-refractivity contribution is 14.0. The molecule has 0 saturated carbocycles. The molecule has 3 heterocycles. The first-order valence-electron chi connectivity index (χ1n) is 9.55. The van der Waals surface area contributed by atoms with Crippen LogP contribution >= 0.6 is 24.0 Å². The van der Waals surface area contributed by atoms with Gasteiger partial charge in [0.05, 0.1) is 18.1 Å². The molecule has 154 valence electrons. The second kappa shape index (κ2) is 9.53. The van der Waals surface area contributed by atoms with Crippen LogP contribution in [-0.4, -0.2) is 59.8 Å². The maximum absolute atomic E-state index is 11.6. The van der Waals surface area contributed by atoms with Crippen LogP contribution in [0.5, 0.6) is 0 Å². The highest BCUT2D eigenvalue weighted by Crippen LogP contribution is 2.19. The Kier molecular flexibility index (Phi) is 7.90. The third-order valence-electron chi connectivity index (χ3n) is 4.91. The van der Waals surface area contributed by atoms with Gasteiger partial charge in [0.15, 0.2) is 21.6 Å². The molecule has 0 radical (unpaired) electrons. The van der Waals surface area contributed by atoms with E-state index in [1.54, 1.807) is 0 Å². The van der Waals surface area contributed by atoms with Crippen molar-refractivity contribution < 1.29 is 8.42 Å². The van der Waals surface area contributed by atoms with Gasteiger partial charge in [-0.1, -0.05) is 13.8 Å². The van der Waals surface area contributed by atoms with Crippen molar-refractivity contribution in [3.05, 3.63) is 11.6 Å². The van der Waals surface area contributed by atoms with Crippen LogP contribution in [-0.2, 0) is 22.8 Å². The van der Waals surface area contributed by atoms with Gasteiger partial charge in [-0.3, -0.25) is 4.99 Å². The second-order valence-electron chi connectivity index (χ2n) is 7.59. The molecule has 2 atom stereocenters. The molecule has 3 rings (SSSR count). The number of aromatic nitrogens is 3. The summed E-state index contributed by atoms with van der Waals surface area (Å²) in [6.45, 7) is 8.34. The lowest BCUT2D eigenvalue weighted by Crippen LogP contribution is -2.47. The van der Waals surface area contributed by atoms with Crippen molar-refractivity contribution in [2.45, 2.75) is 58.5 Å². The zero-order valence-corrected chi connectivity index (χ0v) is 19.5. The number of nitrogens with zero attached hydrogens (tertiary/aromatic N) is 4. The number of aryl methyl sites for hydroxylation is 1. The molecule has 2 N–H and O–H groups in total. The summed E-state index contributed by atoms with van der Waals surface area (Å²) in [6, 6.07) is 0.245. The van der Waals surface area contributed by atoms with Crippen molar-refractivity contribution in [3.8, 4) is 0 Å². The Hall–Kier alpha value is -0.910. The summed E-state index contributed by atoms with van der Waals surface area (Å²) in [4.78, 5) is 9.25. The predicted octanol–water partition coefficient (Wildman–Crippen LogP) is 1.32. The zero-order chi connectivity index (χ0) is 18.7. The maximum Gasteiger partial charge on any atom is 0.191 e. The van der Waals surface area contributed by atoms with E-state index in [0.717, 1.165) is 50.0 Å². The van der Waals surface area contributed by atoms with Crippen LogP contribution in [0.2, 0.25) is 0 Å². The summed E-state index contributed by atoms with van der Waals surface area (Å²) in [5.74, 6) is 3.76. The second-order valence-corrected chi connectivity index (χ2v) is 9.82. The number of aliphatic imine (C=N–C) groups is 1. The lowest BCUT2D eigenvalue weighted by Gasteiger charge is -2.25. The highest BCUT2D eigenvalue weighted by atomic mass is 127. The first kappa shape index (κ1) is 22.4. The molecule has 1 fully saturated rings. The number of guanidine groups is 1. The lowest BCUT2D eigenvalue weighted by molar-refractivity contribution is 0.391. The molecule has 1 aromatic heterocycles. The van der Waals surface area contributed by atoms with E-state index in [2.05, 4.69) is 39.6 Å². The van der Waals surface area contributed by atoms with E-state index in [1.807, 2.05) is 11.6 Å². The van der Waals surface area contributed by atoms with Gasteiger partial charge in [0, 0.05) is 31.5 Å². The van der Waals surface area contributed by atoms with Gasteiger partial charge in [-0.15, -0.1) is 24.0 Å². The molecular weight excluding hydrogens is 479 g/mol. The van der Waals surface area contributed by atoms with E-state index in [1.165, 1.54) is 0 Å². The van der Waals surface area contributed by atoms with Gasteiger partial charge < -0.3 is 10.6 Å². The van der Waals surface area contributed by atoms with E-state index in [-0.39, 0.29) is 41.7 Å². The van der Waals surface area contributed by atoms with Crippen molar-refractivity contribution in [1.29, 1.82) is 0 Å². The number of nitrogens with one attached hydrogen (secondary N) is 2. The number of sulfone groups is 1. The number of rotatable bonds is 5. The van der Waals surface area contributed by atoms with Gasteiger partial charge in [-0.2, -0.15) is 5.10 Å². The smallest absolute Gasteiger partial charge is 0.191 e. The number of hydrogen-bond donors (Lipinski definition) is 2. The van der Waals surface area contributed by atoms with Crippen LogP contribution in [0.15, 0.2) is 4.99 Å². The van der Waals surface area contributed by atoms with Crippen LogP contribution in [0.1, 0.15) is 51.2 Å². The van der Waals surface area contributed by atoms with E-state index in [0.29, 0.717) is 18.2 Å². The summed E-state index contributed by atoms with van der Waals surface area (Å²) in [5, 5.41) is 11.4. The highest BCUT2D eigenvalue weighted by Gasteiger charge is 2.28. The van der Waals surface area contributed by atoms with Crippen LogP contribution < -0.4 is 10.6 Å². The normalized spacial score (nSPS) is 24.4. The molecule has 2 unspecified atom stereocenters. The lowest BCUT2D eigenvalue weighted by atomic mass is 10.1. The SMILES string of the molecule is CCNC(=NCC1CCS(=O)(=O)C1)NC1CCc2nc(C(C)C)nn2C1.I. The van der Waals surface area contributed by atoms with E-state index in [9.17, 15) is 8.42 Å². The fraction of sp³-hybridized carbons (Fsp3) is 0.824. The molecule has 0 aliphatic carbocycles.